The van der Waals surface area contributed by atoms with Crippen molar-refractivity contribution in [1.82, 2.24) is 0 Å². The van der Waals surface area contributed by atoms with Crippen molar-refractivity contribution in [3.63, 3.8) is 0 Å². The highest BCUT2D eigenvalue weighted by atomic mass is 35.5. The van der Waals surface area contributed by atoms with Crippen LogP contribution in [-0.4, -0.2) is 0 Å². The quantitative estimate of drug-likeness (QED) is 0.590. The highest BCUT2D eigenvalue weighted by Gasteiger charge is 2.02. The average molecular weight is 257 g/mol. The molecule has 0 spiro atoms. The van der Waals surface area contributed by atoms with Gasteiger partial charge in [0.05, 0.1) is 0 Å². The largest absolute Gasteiger partial charge is 0.0843 e. The van der Waals surface area contributed by atoms with Gasteiger partial charge in [-0.15, -0.1) is 0 Å². The Morgan fingerprint density at radius 1 is 0.882 bits per heavy atom. The van der Waals surface area contributed by atoms with Crippen LogP contribution < -0.4 is 0 Å². The zero-order valence-electron chi connectivity index (χ0n) is 12.7. The summed E-state index contributed by atoms with van der Waals surface area (Å²) >= 11 is 5.98. The van der Waals surface area contributed by atoms with Gasteiger partial charge in [-0.25, -0.2) is 0 Å². The smallest absolute Gasteiger partial charge is 0.0411 e. The Kier molecular flexibility index (Phi) is 13.3. The van der Waals surface area contributed by atoms with Gasteiger partial charge in [-0.05, 0) is 48.6 Å². The van der Waals surface area contributed by atoms with E-state index in [2.05, 4.69) is 46.8 Å². The second-order valence-corrected chi connectivity index (χ2v) is 4.20. The third-order valence-electron chi connectivity index (χ3n) is 2.35. The second-order valence-electron chi connectivity index (χ2n) is 3.76. The molecule has 0 unspecified atom stereocenters. The molecule has 1 aromatic carbocycles. The molecule has 0 N–H and O–H groups in total. The van der Waals surface area contributed by atoms with Crippen molar-refractivity contribution in [2.75, 3.05) is 0 Å². The minimum Gasteiger partial charge on any atom is -0.0843 e. The molecular formula is C16H29Cl. The standard InChI is InChI=1S/C11H15Cl.C3H8.C2H6/c1-4-9-6-11(12)7-10(5-2)8(9)3;1-3-2;1-2/h6-7H,4-5H2,1-3H3;3H2,1-2H3;1-2H3. The Hall–Kier alpha value is -0.490. The van der Waals surface area contributed by atoms with Gasteiger partial charge >= 0.3 is 0 Å². The van der Waals surface area contributed by atoms with Crippen LogP contribution in [0.15, 0.2) is 12.1 Å². The van der Waals surface area contributed by atoms with Gasteiger partial charge in [0, 0.05) is 5.02 Å². The molecule has 0 atom stereocenters. The van der Waals surface area contributed by atoms with Crippen molar-refractivity contribution in [3.8, 4) is 0 Å². The van der Waals surface area contributed by atoms with Crippen LogP contribution in [0.4, 0.5) is 0 Å². The lowest BCUT2D eigenvalue weighted by Crippen LogP contribution is -1.93. The Labute approximate surface area is 113 Å². The first-order chi connectivity index (χ1) is 8.10. The molecule has 0 saturated carbocycles. The van der Waals surface area contributed by atoms with E-state index >= 15 is 0 Å². The first kappa shape index (κ1) is 18.9. The minimum absolute atomic E-state index is 0.870. The molecule has 0 bridgehead atoms. The molecule has 1 rings (SSSR count). The molecule has 0 nitrogen and oxygen atoms in total. The highest BCUT2D eigenvalue weighted by molar-refractivity contribution is 6.30. The Morgan fingerprint density at radius 2 is 1.18 bits per heavy atom. The lowest BCUT2D eigenvalue weighted by atomic mass is 9.99. The van der Waals surface area contributed by atoms with Gasteiger partial charge in [-0.1, -0.05) is 59.6 Å². The van der Waals surface area contributed by atoms with Crippen LogP contribution in [0.1, 0.15) is 64.7 Å². The molecule has 0 fully saturated rings. The summed E-state index contributed by atoms with van der Waals surface area (Å²) in [4.78, 5) is 0. The molecule has 17 heavy (non-hydrogen) atoms. The number of hydrogen-bond acceptors (Lipinski definition) is 0. The SMILES string of the molecule is CC.CCC.CCc1cc(Cl)cc(CC)c1C. The first-order valence-electron chi connectivity index (χ1n) is 6.88. The number of aryl methyl sites for hydroxylation is 2. The van der Waals surface area contributed by atoms with Gasteiger partial charge < -0.3 is 0 Å². The van der Waals surface area contributed by atoms with Crippen molar-refractivity contribution >= 4 is 11.6 Å². The van der Waals surface area contributed by atoms with Gasteiger partial charge in [0.2, 0.25) is 0 Å². The maximum absolute atomic E-state index is 5.98. The summed E-state index contributed by atoms with van der Waals surface area (Å²) in [7, 11) is 0. The molecule has 0 heterocycles. The monoisotopic (exact) mass is 256 g/mol. The molecule has 0 aliphatic rings. The van der Waals surface area contributed by atoms with Crippen molar-refractivity contribution < 1.29 is 0 Å². The van der Waals surface area contributed by atoms with Crippen molar-refractivity contribution in [2.45, 2.75) is 67.7 Å². The van der Waals surface area contributed by atoms with Gasteiger partial charge in [0.15, 0.2) is 0 Å². The normalized spacial score (nSPS) is 8.71. The van der Waals surface area contributed by atoms with Crippen molar-refractivity contribution in [3.05, 3.63) is 33.8 Å². The predicted molar refractivity (Wildman–Crippen MR) is 82.3 cm³/mol. The second kappa shape index (κ2) is 12.0. The van der Waals surface area contributed by atoms with Crippen molar-refractivity contribution in [2.24, 2.45) is 0 Å². The molecule has 100 valence electrons. The van der Waals surface area contributed by atoms with E-state index in [-0.39, 0.29) is 0 Å². The maximum atomic E-state index is 5.98. The van der Waals surface area contributed by atoms with Gasteiger partial charge in [-0.2, -0.15) is 0 Å². The van der Waals surface area contributed by atoms with Crippen LogP contribution >= 0.6 is 11.6 Å². The van der Waals surface area contributed by atoms with Crippen LogP contribution in [0.2, 0.25) is 5.02 Å². The van der Waals surface area contributed by atoms with E-state index in [4.69, 9.17) is 11.6 Å². The highest BCUT2D eigenvalue weighted by Crippen LogP contribution is 2.21. The minimum atomic E-state index is 0.870. The van der Waals surface area contributed by atoms with E-state index in [1.54, 1.807) is 0 Å². The van der Waals surface area contributed by atoms with Gasteiger partial charge in [-0.3, -0.25) is 0 Å². The summed E-state index contributed by atoms with van der Waals surface area (Å²) in [6.45, 7) is 14.8. The third kappa shape index (κ3) is 7.44. The number of benzene rings is 1. The molecule has 0 radical (unpaired) electrons. The molecule has 1 heteroatoms. The number of hydrogen-bond donors (Lipinski definition) is 0. The number of halogens is 1. The fourth-order valence-corrected chi connectivity index (χ4v) is 1.80. The maximum Gasteiger partial charge on any atom is 0.0411 e. The van der Waals surface area contributed by atoms with Crippen LogP contribution in [0.25, 0.3) is 0 Å². The zero-order valence-corrected chi connectivity index (χ0v) is 13.4. The summed E-state index contributed by atoms with van der Waals surface area (Å²) in [5, 5.41) is 0.870. The van der Waals surface area contributed by atoms with Crippen LogP contribution in [-0.2, 0) is 12.8 Å². The van der Waals surface area contributed by atoms with Crippen LogP contribution in [0, 0.1) is 6.92 Å². The van der Waals surface area contributed by atoms with E-state index in [9.17, 15) is 0 Å². The van der Waals surface area contributed by atoms with Gasteiger partial charge in [0.25, 0.3) is 0 Å². The van der Waals surface area contributed by atoms with Crippen LogP contribution in [0.5, 0.6) is 0 Å². The van der Waals surface area contributed by atoms with E-state index in [1.165, 1.54) is 23.1 Å². The fourth-order valence-electron chi connectivity index (χ4n) is 1.53. The van der Waals surface area contributed by atoms with E-state index < -0.39 is 0 Å². The lowest BCUT2D eigenvalue weighted by molar-refractivity contribution is 1.05. The number of rotatable bonds is 2. The fraction of sp³-hybridized carbons (Fsp3) is 0.625. The Balaban J connectivity index is 0. The summed E-state index contributed by atoms with van der Waals surface area (Å²) in [6.07, 6.45) is 3.39. The third-order valence-corrected chi connectivity index (χ3v) is 2.57. The predicted octanol–water partition coefficient (Wildman–Crippen LogP) is 6.22. The summed E-state index contributed by atoms with van der Waals surface area (Å²) in [6, 6.07) is 4.13. The molecule has 0 aliphatic heterocycles. The first-order valence-corrected chi connectivity index (χ1v) is 7.26. The zero-order chi connectivity index (χ0) is 13.8. The molecule has 0 amide bonds. The topological polar surface area (TPSA) is 0 Å². The molecule has 1 aromatic rings. The van der Waals surface area contributed by atoms with Crippen LogP contribution in [0.3, 0.4) is 0 Å². The van der Waals surface area contributed by atoms with E-state index in [0.717, 1.165) is 17.9 Å². The Morgan fingerprint density at radius 3 is 1.41 bits per heavy atom. The average Bonchev–Trinajstić information content (AvgIpc) is 2.35. The lowest BCUT2D eigenvalue weighted by Gasteiger charge is -2.08. The summed E-state index contributed by atoms with van der Waals surface area (Å²) in [5.41, 5.74) is 4.16. The molecule has 0 aromatic heterocycles. The molecular weight excluding hydrogens is 228 g/mol. The Bertz CT molecular complexity index is 265. The molecule has 0 saturated heterocycles. The van der Waals surface area contributed by atoms with E-state index in [1.807, 2.05) is 13.8 Å². The summed E-state index contributed by atoms with van der Waals surface area (Å²) < 4.78 is 0. The molecule has 0 aliphatic carbocycles. The van der Waals surface area contributed by atoms with Crippen molar-refractivity contribution in [1.29, 1.82) is 0 Å². The van der Waals surface area contributed by atoms with Gasteiger partial charge in [0.1, 0.15) is 0 Å². The van der Waals surface area contributed by atoms with E-state index in [0.29, 0.717) is 0 Å². The summed E-state index contributed by atoms with van der Waals surface area (Å²) in [5.74, 6) is 0.